The molecule has 2 aromatic rings. The fourth-order valence-electron chi connectivity index (χ4n) is 2.69. The van der Waals surface area contributed by atoms with E-state index in [4.69, 9.17) is 5.73 Å². The topological polar surface area (TPSA) is 100 Å². The number of carbonyl (C=O) groups is 2. The van der Waals surface area contributed by atoms with Crippen molar-refractivity contribution >= 4 is 17.5 Å². The van der Waals surface area contributed by atoms with Crippen LogP contribution in [0.5, 0.6) is 0 Å². The normalized spacial score (nSPS) is 13.1. The molecule has 0 spiro atoms. The Morgan fingerprint density at radius 3 is 2.60 bits per heavy atom. The lowest BCUT2D eigenvalue weighted by molar-refractivity contribution is -0.116. The summed E-state index contributed by atoms with van der Waals surface area (Å²) in [7, 11) is 0. The summed E-state index contributed by atoms with van der Waals surface area (Å²) in [5.41, 5.74) is 7.96. The SMILES string of the molecule is CC(=O)N(CC1CC1)c1ccc(-c2ccc(C(N)=O)cn2)cc1C#N. The summed E-state index contributed by atoms with van der Waals surface area (Å²) in [5, 5.41) is 9.52. The van der Waals surface area contributed by atoms with Gasteiger partial charge in [0.1, 0.15) is 6.07 Å². The lowest BCUT2D eigenvalue weighted by Crippen LogP contribution is -2.31. The van der Waals surface area contributed by atoms with Crippen LogP contribution < -0.4 is 10.6 Å². The maximum atomic E-state index is 12.0. The number of hydrogen-bond acceptors (Lipinski definition) is 4. The monoisotopic (exact) mass is 334 g/mol. The van der Waals surface area contributed by atoms with E-state index in [0.29, 0.717) is 35.0 Å². The number of aromatic nitrogens is 1. The molecule has 2 amide bonds. The van der Waals surface area contributed by atoms with Crippen molar-refractivity contribution in [1.29, 1.82) is 5.26 Å². The smallest absolute Gasteiger partial charge is 0.250 e. The number of primary amides is 1. The minimum absolute atomic E-state index is 0.0694. The van der Waals surface area contributed by atoms with Crippen molar-refractivity contribution in [3.05, 3.63) is 47.7 Å². The summed E-state index contributed by atoms with van der Waals surface area (Å²) in [6.45, 7) is 2.16. The molecule has 0 bridgehead atoms. The van der Waals surface area contributed by atoms with Crippen LogP contribution in [-0.4, -0.2) is 23.3 Å². The molecule has 0 unspecified atom stereocenters. The van der Waals surface area contributed by atoms with Gasteiger partial charge in [-0.3, -0.25) is 14.6 Å². The number of anilines is 1. The van der Waals surface area contributed by atoms with Gasteiger partial charge in [-0.1, -0.05) is 6.07 Å². The molecule has 0 saturated heterocycles. The molecule has 1 heterocycles. The molecule has 0 radical (unpaired) electrons. The summed E-state index contributed by atoms with van der Waals surface area (Å²) in [5.74, 6) is -0.0810. The van der Waals surface area contributed by atoms with E-state index in [1.165, 1.54) is 13.1 Å². The third-order valence-electron chi connectivity index (χ3n) is 4.27. The van der Waals surface area contributed by atoms with Crippen LogP contribution in [-0.2, 0) is 4.79 Å². The van der Waals surface area contributed by atoms with E-state index in [1.54, 1.807) is 29.2 Å². The summed E-state index contributed by atoms with van der Waals surface area (Å²) < 4.78 is 0. The predicted molar refractivity (Wildman–Crippen MR) is 93.7 cm³/mol. The van der Waals surface area contributed by atoms with Crippen molar-refractivity contribution in [2.45, 2.75) is 19.8 Å². The molecule has 25 heavy (non-hydrogen) atoms. The molecular formula is C19H18N4O2. The van der Waals surface area contributed by atoms with Crippen molar-refractivity contribution in [3.63, 3.8) is 0 Å². The molecule has 0 atom stereocenters. The Bertz CT molecular complexity index is 864. The number of pyridine rings is 1. The number of benzene rings is 1. The zero-order valence-electron chi connectivity index (χ0n) is 13.9. The molecule has 126 valence electrons. The number of carbonyl (C=O) groups excluding carboxylic acids is 2. The zero-order chi connectivity index (χ0) is 18.0. The highest BCUT2D eigenvalue weighted by molar-refractivity contribution is 5.94. The maximum absolute atomic E-state index is 12.0. The summed E-state index contributed by atoms with van der Waals surface area (Å²) in [6.07, 6.45) is 3.66. The van der Waals surface area contributed by atoms with Crippen LogP contribution in [0.3, 0.4) is 0 Å². The number of nitrogens with two attached hydrogens (primary N) is 1. The Balaban J connectivity index is 1.94. The number of hydrogen-bond donors (Lipinski definition) is 1. The number of nitriles is 1. The van der Waals surface area contributed by atoms with Gasteiger partial charge in [-0.15, -0.1) is 0 Å². The molecule has 1 saturated carbocycles. The maximum Gasteiger partial charge on any atom is 0.250 e. The second-order valence-electron chi connectivity index (χ2n) is 6.21. The first-order valence-corrected chi connectivity index (χ1v) is 8.08. The minimum atomic E-state index is -0.538. The summed E-state index contributed by atoms with van der Waals surface area (Å²) in [4.78, 5) is 29.0. The van der Waals surface area contributed by atoms with Crippen LogP contribution in [0.15, 0.2) is 36.5 Å². The predicted octanol–water partition coefficient (Wildman–Crippen LogP) is 2.48. The highest BCUT2D eigenvalue weighted by Crippen LogP contribution is 2.33. The van der Waals surface area contributed by atoms with Crippen molar-refractivity contribution in [3.8, 4) is 17.3 Å². The Morgan fingerprint density at radius 1 is 1.32 bits per heavy atom. The highest BCUT2D eigenvalue weighted by Gasteiger charge is 2.27. The van der Waals surface area contributed by atoms with Gasteiger partial charge in [0.15, 0.2) is 0 Å². The van der Waals surface area contributed by atoms with Gasteiger partial charge in [0.2, 0.25) is 11.8 Å². The first-order chi connectivity index (χ1) is 12.0. The van der Waals surface area contributed by atoms with E-state index in [1.807, 2.05) is 6.07 Å². The molecule has 1 aliphatic carbocycles. The van der Waals surface area contributed by atoms with E-state index in [9.17, 15) is 14.9 Å². The number of amides is 2. The van der Waals surface area contributed by atoms with E-state index in [0.717, 1.165) is 18.4 Å². The van der Waals surface area contributed by atoms with Crippen LogP contribution in [0.25, 0.3) is 11.3 Å². The van der Waals surface area contributed by atoms with Gasteiger partial charge in [-0.25, -0.2) is 0 Å². The van der Waals surface area contributed by atoms with Gasteiger partial charge < -0.3 is 10.6 Å². The van der Waals surface area contributed by atoms with Gasteiger partial charge in [0, 0.05) is 25.2 Å². The molecule has 3 rings (SSSR count). The van der Waals surface area contributed by atoms with Gasteiger partial charge in [-0.2, -0.15) is 5.26 Å². The van der Waals surface area contributed by atoms with Crippen LogP contribution in [0, 0.1) is 17.2 Å². The Kier molecular flexibility index (Phi) is 4.48. The molecule has 2 N–H and O–H groups in total. The van der Waals surface area contributed by atoms with Gasteiger partial charge in [0.05, 0.1) is 22.5 Å². The first-order valence-electron chi connectivity index (χ1n) is 8.08. The standard InChI is InChI=1S/C19H18N4O2/c1-12(24)23(11-13-2-3-13)18-7-5-14(8-16(18)9-20)17-6-4-15(10-22-17)19(21)25/h4-8,10,13H,2-3,11H2,1H3,(H2,21,25). The first kappa shape index (κ1) is 16.7. The van der Waals surface area contributed by atoms with Crippen molar-refractivity contribution < 1.29 is 9.59 Å². The molecule has 1 aliphatic rings. The average molecular weight is 334 g/mol. The molecule has 1 aromatic carbocycles. The van der Waals surface area contributed by atoms with Crippen LogP contribution in [0.1, 0.15) is 35.7 Å². The third kappa shape index (κ3) is 3.66. The van der Waals surface area contributed by atoms with Gasteiger partial charge in [-0.05, 0) is 43.0 Å². The van der Waals surface area contributed by atoms with E-state index in [2.05, 4.69) is 11.1 Å². The Morgan fingerprint density at radius 2 is 2.08 bits per heavy atom. The molecular weight excluding hydrogens is 316 g/mol. The fraction of sp³-hybridized carbons (Fsp3) is 0.263. The fourth-order valence-corrected chi connectivity index (χ4v) is 2.69. The molecule has 1 fully saturated rings. The largest absolute Gasteiger partial charge is 0.366 e. The molecule has 1 aromatic heterocycles. The summed E-state index contributed by atoms with van der Waals surface area (Å²) in [6, 6.07) is 10.8. The Labute approximate surface area is 145 Å². The zero-order valence-corrected chi connectivity index (χ0v) is 13.9. The van der Waals surface area contributed by atoms with Crippen LogP contribution >= 0.6 is 0 Å². The lowest BCUT2D eigenvalue weighted by Gasteiger charge is -2.22. The van der Waals surface area contributed by atoms with E-state index >= 15 is 0 Å². The quantitative estimate of drug-likeness (QED) is 0.907. The van der Waals surface area contributed by atoms with E-state index < -0.39 is 5.91 Å². The number of rotatable bonds is 5. The van der Waals surface area contributed by atoms with Gasteiger partial charge in [0.25, 0.3) is 0 Å². The van der Waals surface area contributed by atoms with Crippen molar-refractivity contribution in [1.82, 2.24) is 4.98 Å². The molecule has 6 nitrogen and oxygen atoms in total. The van der Waals surface area contributed by atoms with Crippen molar-refractivity contribution in [2.75, 3.05) is 11.4 Å². The molecule has 0 aliphatic heterocycles. The minimum Gasteiger partial charge on any atom is -0.366 e. The lowest BCUT2D eigenvalue weighted by atomic mass is 10.0. The average Bonchev–Trinajstić information content (AvgIpc) is 3.43. The third-order valence-corrected chi connectivity index (χ3v) is 4.27. The van der Waals surface area contributed by atoms with Crippen molar-refractivity contribution in [2.24, 2.45) is 11.7 Å². The van der Waals surface area contributed by atoms with E-state index in [-0.39, 0.29) is 5.91 Å². The number of nitrogens with zero attached hydrogens (tertiary/aromatic N) is 3. The van der Waals surface area contributed by atoms with Gasteiger partial charge >= 0.3 is 0 Å². The second kappa shape index (κ2) is 6.73. The second-order valence-corrected chi connectivity index (χ2v) is 6.21. The molecule has 6 heteroatoms. The van der Waals surface area contributed by atoms with Crippen LogP contribution in [0.2, 0.25) is 0 Å². The summed E-state index contributed by atoms with van der Waals surface area (Å²) >= 11 is 0. The highest BCUT2D eigenvalue weighted by atomic mass is 16.2. The Hall–Kier alpha value is -3.20. The van der Waals surface area contributed by atoms with Crippen LogP contribution in [0.4, 0.5) is 5.69 Å².